The highest BCUT2D eigenvalue weighted by molar-refractivity contribution is 6.99. The monoisotopic (exact) mass is 435 g/mol. The number of nitrogens with one attached hydrogen (secondary N) is 1. The van der Waals surface area contributed by atoms with E-state index < -0.39 is 6.04 Å². The standard InChI is InChI=1S/C23H25N5O2S/c1-16-6-5-9-19(14-16)28(23(30)20-15-25-31-27-20)21(17-10-12-24-13-11-17)22(29)26-18-7-3-2-4-8-18/h5-6,9-15,18,21H,2-4,7-8H2,1H3,(H,26,29). The van der Waals surface area contributed by atoms with Gasteiger partial charge in [0.15, 0.2) is 5.69 Å². The molecule has 1 atom stereocenters. The van der Waals surface area contributed by atoms with Gasteiger partial charge in [-0.05, 0) is 55.2 Å². The van der Waals surface area contributed by atoms with Crippen LogP contribution in [-0.4, -0.2) is 31.6 Å². The molecule has 8 heteroatoms. The molecule has 7 nitrogen and oxygen atoms in total. The Bertz CT molecular complexity index is 1020. The zero-order valence-corrected chi connectivity index (χ0v) is 18.2. The zero-order valence-electron chi connectivity index (χ0n) is 17.4. The molecular formula is C23H25N5O2S. The van der Waals surface area contributed by atoms with Crippen LogP contribution in [0.15, 0.2) is 55.0 Å². The Balaban J connectivity index is 1.77. The molecule has 1 saturated carbocycles. The van der Waals surface area contributed by atoms with E-state index in [4.69, 9.17) is 0 Å². The van der Waals surface area contributed by atoms with Crippen molar-refractivity contribution in [2.45, 2.75) is 51.1 Å². The van der Waals surface area contributed by atoms with Gasteiger partial charge in [-0.3, -0.25) is 19.5 Å². The molecule has 0 spiro atoms. The lowest BCUT2D eigenvalue weighted by molar-refractivity contribution is -0.123. The number of carbonyl (C=O) groups excluding carboxylic acids is 2. The zero-order chi connectivity index (χ0) is 21.6. The molecule has 0 saturated heterocycles. The van der Waals surface area contributed by atoms with Crippen molar-refractivity contribution < 1.29 is 9.59 Å². The van der Waals surface area contributed by atoms with E-state index >= 15 is 0 Å². The molecule has 3 aromatic rings. The van der Waals surface area contributed by atoms with E-state index in [9.17, 15) is 9.59 Å². The summed E-state index contributed by atoms with van der Waals surface area (Å²) in [6.45, 7) is 1.96. The quantitative estimate of drug-likeness (QED) is 0.630. The van der Waals surface area contributed by atoms with E-state index in [1.165, 1.54) is 17.5 Å². The fourth-order valence-electron chi connectivity index (χ4n) is 4.03. The van der Waals surface area contributed by atoms with Gasteiger partial charge in [-0.25, -0.2) is 0 Å². The summed E-state index contributed by atoms with van der Waals surface area (Å²) < 4.78 is 8.11. The number of hydrogen-bond donors (Lipinski definition) is 1. The van der Waals surface area contributed by atoms with Crippen molar-refractivity contribution in [1.82, 2.24) is 19.0 Å². The second-order valence-electron chi connectivity index (χ2n) is 7.83. The number of carbonyl (C=O) groups is 2. The molecule has 31 heavy (non-hydrogen) atoms. The molecule has 1 unspecified atom stereocenters. The van der Waals surface area contributed by atoms with Gasteiger partial charge in [0.05, 0.1) is 17.9 Å². The lowest BCUT2D eigenvalue weighted by atomic mass is 9.94. The number of rotatable bonds is 6. The average molecular weight is 436 g/mol. The lowest BCUT2D eigenvalue weighted by Crippen LogP contribution is -2.47. The number of hydrogen-bond acceptors (Lipinski definition) is 6. The molecular weight excluding hydrogens is 410 g/mol. The number of nitrogens with zero attached hydrogens (tertiary/aromatic N) is 4. The van der Waals surface area contributed by atoms with Gasteiger partial charge in [-0.1, -0.05) is 31.4 Å². The Morgan fingerprint density at radius 3 is 2.58 bits per heavy atom. The van der Waals surface area contributed by atoms with Gasteiger partial charge in [0.1, 0.15) is 6.04 Å². The minimum Gasteiger partial charge on any atom is -0.351 e. The van der Waals surface area contributed by atoms with Crippen molar-refractivity contribution in [3.05, 3.63) is 71.8 Å². The Kier molecular flexibility index (Phi) is 6.66. The van der Waals surface area contributed by atoms with Crippen LogP contribution in [0.4, 0.5) is 5.69 Å². The molecule has 1 aliphatic carbocycles. The highest BCUT2D eigenvalue weighted by atomic mass is 32.1. The van der Waals surface area contributed by atoms with Crippen LogP contribution in [0.25, 0.3) is 0 Å². The highest BCUT2D eigenvalue weighted by Gasteiger charge is 2.35. The molecule has 4 rings (SSSR count). The Morgan fingerprint density at radius 2 is 1.90 bits per heavy atom. The van der Waals surface area contributed by atoms with Crippen LogP contribution >= 0.6 is 11.7 Å². The van der Waals surface area contributed by atoms with Crippen LogP contribution in [0.3, 0.4) is 0 Å². The third kappa shape index (κ3) is 4.96. The predicted octanol–water partition coefficient (Wildman–Crippen LogP) is 4.08. The first kappa shape index (κ1) is 21.1. The molecule has 1 fully saturated rings. The van der Waals surface area contributed by atoms with Gasteiger partial charge in [0, 0.05) is 24.1 Å². The van der Waals surface area contributed by atoms with Crippen LogP contribution in [0, 0.1) is 6.92 Å². The number of aromatic nitrogens is 3. The summed E-state index contributed by atoms with van der Waals surface area (Å²) in [6, 6.07) is 10.4. The molecule has 0 aliphatic heterocycles. The van der Waals surface area contributed by atoms with Crippen LogP contribution < -0.4 is 10.2 Å². The van der Waals surface area contributed by atoms with Crippen LogP contribution in [0.2, 0.25) is 0 Å². The number of anilines is 1. The summed E-state index contributed by atoms with van der Waals surface area (Å²) >= 11 is 0.970. The Morgan fingerprint density at radius 1 is 1.13 bits per heavy atom. The van der Waals surface area contributed by atoms with Gasteiger partial charge in [0.25, 0.3) is 5.91 Å². The van der Waals surface area contributed by atoms with E-state index in [0.29, 0.717) is 11.3 Å². The normalized spacial score (nSPS) is 15.3. The number of pyridine rings is 1. The third-order valence-corrected chi connectivity index (χ3v) is 6.04. The molecule has 0 bridgehead atoms. The maximum atomic E-state index is 13.6. The van der Waals surface area contributed by atoms with E-state index in [1.54, 1.807) is 24.5 Å². The number of amides is 2. The van der Waals surface area contributed by atoms with Gasteiger partial charge >= 0.3 is 0 Å². The van der Waals surface area contributed by atoms with Gasteiger partial charge < -0.3 is 5.32 Å². The number of benzene rings is 1. The molecule has 2 amide bonds. The summed E-state index contributed by atoms with van der Waals surface area (Å²) in [5.41, 5.74) is 2.55. The Hall–Kier alpha value is -3.13. The fourth-order valence-corrected chi connectivity index (χ4v) is 4.44. The SMILES string of the molecule is Cc1cccc(N(C(=O)c2cnsn2)C(C(=O)NC2CCCCC2)c2ccncc2)c1. The molecule has 160 valence electrons. The van der Waals surface area contributed by atoms with Gasteiger partial charge in [-0.2, -0.15) is 8.75 Å². The predicted molar refractivity (Wildman–Crippen MR) is 120 cm³/mol. The minimum absolute atomic E-state index is 0.126. The van der Waals surface area contributed by atoms with Crippen molar-refractivity contribution in [1.29, 1.82) is 0 Å². The summed E-state index contributed by atoms with van der Waals surface area (Å²) in [5.74, 6) is -0.559. The molecule has 1 aliphatic rings. The molecule has 0 radical (unpaired) electrons. The second-order valence-corrected chi connectivity index (χ2v) is 8.39. The molecule has 2 aromatic heterocycles. The summed E-state index contributed by atoms with van der Waals surface area (Å²) in [4.78, 5) is 32.8. The topological polar surface area (TPSA) is 88.1 Å². The van der Waals surface area contributed by atoms with E-state index in [-0.39, 0.29) is 23.6 Å². The molecule has 1 N–H and O–H groups in total. The van der Waals surface area contributed by atoms with E-state index in [1.807, 2.05) is 31.2 Å². The van der Waals surface area contributed by atoms with Crippen molar-refractivity contribution in [2.24, 2.45) is 0 Å². The maximum Gasteiger partial charge on any atom is 0.280 e. The van der Waals surface area contributed by atoms with Crippen molar-refractivity contribution in [3.8, 4) is 0 Å². The average Bonchev–Trinajstić information content (AvgIpc) is 3.33. The first-order valence-electron chi connectivity index (χ1n) is 10.5. The first-order valence-corrected chi connectivity index (χ1v) is 11.2. The maximum absolute atomic E-state index is 13.6. The van der Waals surface area contributed by atoms with Crippen molar-refractivity contribution in [3.63, 3.8) is 0 Å². The molecule has 1 aromatic carbocycles. The first-order chi connectivity index (χ1) is 15.1. The number of aryl methyl sites for hydroxylation is 1. The van der Waals surface area contributed by atoms with E-state index in [0.717, 1.165) is 43.0 Å². The van der Waals surface area contributed by atoms with Crippen LogP contribution in [0.1, 0.15) is 59.8 Å². The summed E-state index contributed by atoms with van der Waals surface area (Å²) in [6.07, 6.45) is 10.1. The summed E-state index contributed by atoms with van der Waals surface area (Å²) in [7, 11) is 0. The van der Waals surface area contributed by atoms with Gasteiger partial charge in [0.2, 0.25) is 5.91 Å². The van der Waals surface area contributed by atoms with Crippen molar-refractivity contribution >= 4 is 29.2 Å². The van der Waals surface area contributed by atoms with Gasteiger partial charge in [-0.15, -0.1) is 0 Å². The molecule has 2 heterocycles. The Labute approximate surface area is 185 Å². The summed E-state index contributed by atoms with van der Waals surface area (Å²) in [5, 5.41) is 3.20. The van der Waals surface area contributed by atoms with Crippen LogP contribution in [0.5, 0.6) is 0 Å². The fraction of sp³-hybridized carbons (Fsp3) is 0.348. The smallest absolute Gasteiger partial charge is 0.280 e. The third-order valence-electron chi connectivity index (χ3n) is 5.56. The second kappa shape index (κ2) is 9.78. The highest BCUT2D eigenvalue weighted by Crippen LogP contribution is 2.30. The van der Waals surface area contributed by atoms with Crippen LogP contribution in [-0.2, 0) is 4.79 Å². The largest absolute Gasteiger partial charge is 0.351 e. The van der Waals surface area contributed by atoms with Crippen molar-refractivity contribution in [2.75, 3.05) is 4.90 Å². The minimum atomic E-state index is -0.846. The lowest BCUT2D eigenvalue weighted by Gasteiger charge is -2.33. The van der Waals surface area contributed by atoms with E-state index in [2.05, 4.69) is 19.0 Å².